The van der Waals surface area contributed by atoms with Crippen LogP contribution in [0.4, 0.5) is 0 Å². The second kappa shape index (κ2) is 12.0. The lowest BCUT2D eigenvalue weighted by atomic mass is 9.93. The number of aliphatic hydroxyl groups excluding tert-OH is 1. The largest absolute Gasteiger partial charge is 0.494 e. The number of benzene rings is 2. The molecule has 0 spiro atoms. The fourth-order valence-corrected chi connectivity index (χ4v) is 5.82. The minimum absolute atomic E-state index is 0.117. The minimum atomic E-state index is -0.175. The normalized spacial score (nSPS) is 12.7. The zero-order valence-corrected chi connectivity index (χ0v) is 25.0. The first-order valence-electron chi connectivity index (χ1n) is 13.9. The molecule has 1 aliphatic rings. The molecule has 41 heavy (non-hydrogen) atoms. The van der Waals surface area contributed by atoms with Crippen molar-refractivity contribution >= 4 is 23.1 Å². The number of furan rings is 1. The van der Waals surface area contributed by atoms with Gasteiger partial charge in [-0.3, -0.25) is 9.48 Å². The molecule has 5 rings (SSSR count). The van der Waals surface area contributed by atoms with E-state index in [1.165, 1.54) is 0 Å². The molecule has 8 heteroatoms. The van der Waals surface area contributed by atoms with Gasteiger partial charge in [0, 0.05) is 35.3 Å². The zero-order valence-electron chi connectivity index (χ0n) is 24.2. The summed E-state index contributed by atoms with van der Waals surface area (Å²) in [6.45, 7) is 8.65. The number of aryl methyl sites for hydroxylation is 4. The quantitative estimate of drug-likeness (QED) is 0.210. The van der Waals surface area contributed by atoms with Crippen molar-refractivity contribution in [1.29, 1.82) is 0 Å². The molecule has 214 valence electrons. The number of nitrogens with one attached hydrogen (secondary N) is 1. The highest BCUT2D eigenvalue weighted by Crippen LogP contribution is 2.42. The number of carbonyl (C=O) groups is 1. The molecule has 0 saturated heterocycles. The van der Waals surface area contributed by atoms with Gasteiger partial charge in [0.25, 0.3) is 0 Å². The van der Waals surface area contributed by atoms with Crippen LogP contribution >= 0.6 is 11.6 Å². The molecule has 2 heterocycles. The predicted octanol–water partition coefficient (Wildman–Crippen LogP) is 6.54. The van der Waals surface area contributed by atoms with Gasteiger partial charge in [-0.25, -0.2) is 0 Å². The summed E-state index contributed by atoms with van der Waals surface area (Å²) in [6.07, 6.45) is 1.99. The Balaban J connectivity index is 1.40. The van der Waals surface area contributed by atoms with Crippen LogP contribution in [0.1, 0.15) is 58.0 Å². The van der Waals surface area contributed by atoms with E-state index in [2.05, 4.69) is 35.5 Å². The van der Waals surface area contributed by atoms with Crippen molar-refractivity contribution in [3.05, 3.63) is 98.2 Å². The first kappa shape index (κ1) is 28.7. The van der Waals surface area contributed by atoms with Crippen molar-refractivity contribution in [2.45, 2.75) is 60.1 Å². The van der Waals surface area contributed by atoms with Gasteiger partial charge in [0.1, 0.15) is 23.9 Å². The molecule has 4 aromatic rings. The van der Waals surface area contributed by atoms with Crippen molar-refractivity contribution < 1.29 is 19.1 Å². The highest BCUT2D eigenvalue weighted by atomic mass is 35.5. The Kier molecular flexibility index (Phi) is 8.38. The van der Waals surface area contributed by atoms with Crippen LogP contribution in [0.5, 0.6) is 5.75 Å². The molecule has 0 saturated carbocycles. The molecule has 0 fully saturated rings. The maximum atomic E-state index is 13.6. The van der Waals surface area contributed by atoms with Gasteiger partial charge in [0.05, 0.1) is 18.8 Å². The summed E-state index contributed by atoms with van der Waals surface area (Å²) in [4.78, 5) is 13.6. The van der Waals surface area contributed by atoms with Crippen LogP contribution in [0.3, 0.4) is 0 Å². The van der Waals surface area contributed by atoms with E-state index < -0.39 is 0 Å². The molecule has 0 atom stereocenters. The van der Waals surface area contributed by atoms with E-state index >= 15 is 0 Å². The molecule has 1 aliphatic carbocycles. The number of hydrogen-bond donors (Lipinski definition) is 2. The smallest absolute Gasteiger partial charge is 0.248 e. The van der Waals surface area contributed by atoms with Gasteiger partial charge < -0.3 is 19.6 Å². The Hall–Kier alpha value is -3.81. The monoisotopic (exact) mass is 573 g/mol. The highest BCUT2D eigenvalue weighted by Gasteiger charge is 2.29. The number of ether oxygens (including phenoxy) is 1. The Morgan fingerprint density at radius 1 is 1.10 bits per heavy atom. The third-order valence-corrected chi connectivity index (χ3v) is 8.41. The van der Waals surface area contributed by atoms with Gasteiger partial charge in [-0.2, -0.15) is 5.10 Å². The third kappa shape index (κ3) is 5.83. The number of nitrogens with zero attached hydrogens (tertiary/aromatic N) is 2. The lowest BCUT2D eigenvalue weighted by molar-refractivity contribution is -0.117. The van der Waals surface area contributed by atoms with Gasteiger partial charge in [-0.15, -0.1) is 0 Å². The van der Waals surface area contributed by atoms with Gasteiger partial charge in [0.2, 0.25) is 5.91 Å². The van der Waals surface area contributed by atoms with Crippen LogP contribution in [-0.2, 0) is 31.4 Å². The summed E-state index contributed by atoms with van der Waals surface area (Å²) in [5.74, 6) is 1.76. The molecule has 0 unspecified atom stereocenters. The van der Waals surface area contributed by atoms with Gasteiger partial charge in [-0.1, -0.05) is 29.8 Å². The lowest BCUT2D eigenvalue weighted by Gasteiger charge is -2.13. The predicted molar refractivity (Wildman–Crippen MR) is 161 cm³/mol. The van der Waals surface area contributed by atoms with E-state index in [9.17, 15) is 9.90 Å². The van der Waals surface area contributed by atoms with Crippen molar-refractivity contribution in [2.75, 3.05) is 6.61 Å². The molecule has 2 N–H and O–H groups in total. The number of aliphatic hydroxyl groups is 1. The summed E-state index contributed by atoms with van der Waals surface area (Å²) in [7, 11) is 1.96. The van der Waals surface area contributed by atoms with E-state index in [0.717, 1.165) is 73.1 Å². The van der Waals surface area contributed by atoms with Crippen molar-refractivity contribution in [2.24, 2.45) is 7.05 Å². The van der Waals surface area contributed by atoms with Gasteiger partial charge in [0.15, 0.2) is 0 Å². The Morgan fingerprint density at radius 3 is 2.46 bits per heavy atom. The molecular weight excluding hydrogens is 538 g/mol. The van der Waals surface area contributed by atoms with Gasteiger partial charge in [-0.05, 0) is 98.2 Å². The Morgan fingerprint density at radius 2 is 1.80 bits per heavy atom. The van der Waals surface area contributed by atoms with E-state index in [-0.39, 0.29) is 19.1 Å². The molecule has 0 bridgehead atoms. The van der Waals surface area contributed by atoms with Gasteiger partial charge >= 0.3 is 0 Å². The molecule has 7 nitrogen and oxygen atoms in total. The second-order valence-corrected chi connectivity index (χ2v) is 11.0. The molecule has 2 aromatic carbocycles. The summed E-state index contributed by atoms with van der Waals surface area (Å²) in [6, 6.07) is 13.7. The number of halogens is 1. The standard InChI is InChI=1S/C33H36ClN3O4/c1-19-14-25(15-20(2)32(19)34)40-13-7-10-27-26-8-6-9-28(31-21(3)36-37(5)22(31)4)29(26)16-30(27)33(39)35-17-23-11-12-24(18-38)41-23/h6,8-9,11-12,14-15,38H,7,10,13,16-18H2,1-5H3,(H,35,39). The maximum absolute atomic E-state index is 13.6. The number of fused-ring (bicyclic) bond motifs is 1. The minimum Gasteiger partial charge on any atom is -0.494 e. The Bertz CT molecular complexity index is 1620. The lowest BCUT2D eigenvalue weighted by Crippen LogP contribution is -2.25. The maximum Gasteiger partial charge on any atom is 0.248 e. The zero-order chi connectivity index (χ0) is 29.3. The van der Waals surface area contributed by atoms with Crippen LogP contribution < -0.4 is 10.1 Å². The van der Waals surface area contributed by atoms with Crippen molar-refractivity contribution in [1.82, 2.24) is 15.1 Å². The van der Waals surface area contributed by atoms with Crippen LogP contribution in [0.15, 0.2) is 52.5 Å². The second-order valence-electron chi connectivity index (χ2n) is 10.7. The van der Waals surface area contributed by atoms with Crippen LogP contribution in [0.25, 0.3) is 16.7 Å². The number of rotatable bonds is 10. The highest BCUT2D eigenvalue weighted by molar-refractivity contribution is 6.32. The SMILES string of the molecule is Cc1cc(OCCCC2=C(C(=O)NCc3ccc(CO)o3)Cc3c2cccc3-c2c(C)nn(C)c2C)cc(C)c1Cl. The summed E-state index contributed by atoms with van der Waals surface area (Å²) in [5.41, 5.74) is 10.3. The summed E-state index contributed by atoms with van der Waals surface area (Å²) in [5, 5.41) is 17.7. The van der Waals surface area contributed by atoms with E-state index in [1.807, 2.05) is 44.6 Å². The summed E-state index contributed by atoms with van der Waals surface area (Å²) >= 11 is 6.32. The molecule has 2 aromatic heterocycles. The number of hydrogen-bond acceptors (Lipinski definition) is 5. The molecule has 0 aliphatic heterocycles. The fourth-order valence-electron chi connectivity index (χ4n) is 5.71. The average Bonchev–Trinajstić information content (AvgIpc) is 3.64. The first-order chi connectivity index (χ1) is 19.7. The van der Waals surface area contributed by atoms with E-state index in [4.69, 9.17) is 20.8 Å². The van der Waals surface area contributed by atoms with E-state index in [1.54, 1.807) is 12.1 Å². The van der Waals surface area contributed by atoms with Crippen molar-refractivity contribution in [3.63, 3.8) is 0 Å². The average molecular weight is 574 g/mol. The third-order valence-electron chi connectivity index (χ3n) is 7.82. The Labute approximate surface area is 245 Å². The van der Waals surface area contributed by atoms with E-state index in [0.29, 0.717) is 31.0 Å². The topological polar surface area (TPSA) is 89.5 Å². The fraction of sp³-hybridized carbons (Fsp3) is 0.333. The molecule has 0 radical (unpaired) electrons. The van der Waals surface area contributed by atoms with Crippen LogP contribution in [-0.4, -0.2) is 27.4 Å². The number of aromatic nitrogens is 2. The molecular formula is C33H36ClN3O4. The number of carbonyl (C=O) groups excluding carboxylic acids is 1. The van der Waals surface area contributed by atoms with Crippen molar-refractivity contribution in [3.8, 4) is 16.9 Å². The first-order valence-corrected chi connectivity index (χ1v) is 14.3. The number of allylic oxidation sites excluding steroid dienone is 1. The van der Waals surface area contributed by atoms with Crippen LogP contribution in [0.2, 0.25) is 5.02 Å². The summed E-state index contributed by atoms with van der Waals surface area (Å²) < 4.78 is 13.6. The molecule has 1 amide bonds. The number of amides is 1. The van der Waals surface area contributed by atoms with Crippen LogP contribution in [0, 0.1) is 27.7 Å².